The van der Waals surface area contributed by atoms with Crippen molar-refractivity contribution in [3.8, 4) is 5.75 Å². The van der Waals surface area contributed by atoms with E-state index in [1.54, 1.807) is 0 Å². The first-order valence-corrected chi connectivity index (χ1v) is 10.5. The molecular formula is C14H20N2O6S2. The van der Waals surface area contributed by atoms with Crippen LogP contribution in [0.3, 0.4) is 0 Å². The Morgan fingerprint density at radius 1 is 1.33 bits per heavy atom. The first-order chi connectivity index (χ1) is 11.1. The summed E-state index contributed by atoms with van der Waals surface area (Å²) >= 11 is 0. The van der Waals surface area contributed by atoms with E-state index in [0.717, 1.165) is 0 Å². The summed E-state index contributed by atoms with van der Waals surface area (Å²) in [7, 11) is -3.99. The number of likely N-dealkylation sites (N-methyl/N-ethyl adjacent to an activating group) is 1. The summed E-state index contributed by atoms with van der Waals surface area (Å²) in [6, 6.07) is 5.35. The minimum atomic E-state index is -3.83. The van der Waals surface area contributed by atoms with E-state index in [0.29, 0.717) is 12.2 Å². The number of carbonyl (C=O) groups excluding carboxylic acids is 1. The zero-order valence-electron chi connectivity index (χ0n) is 13.4. The monoisotopic (exact) mass is 376 g/mol. The molecule has 0 spiro atoms. The van der Waals surface area contributed by atoms with Gasteiger partial charge in [0.05, 0.1) is 30.1 Å². The lowest BCUT2D eigenvalue weighted by Crippen LogP contribution is -2.43. The van der Waals surface area contributed by atoms with Gasteiger partial charge in [-0.15, -0.1) is 0 Å². The number of hydrogen-bond acceptors (Lipinski definition) is 6. The van der Waals surface area contributed by atoms with Gasteiger partial charge in [-0.05, 0) is 30.7 Å². The molecule has 2 rings (SSSR count). The van der Waals surface area contributed by atoms with Crippen LogP contribution in [0.5, 0.6) is 5.75 Å². The van der Waals surface area contributed by atoms with Crippen molar-refractivity contribution in [2.24, 2.45) is 0 Å². The third-order valence-corrected chi connectivity index (χ3v) is 7.10. The van der Waals surface area contributed by atoms with Crippen molar-refractivity contribution >= 4 is 25.8 Å². The molecule has 1 aromatic rings. The highest BCUT2D eigenvalue weighted by Gasteiger charge is 2.32. The van der Waals surface area contributed by atoms with Gasteiger partial charge < -0.3 is 9.64 Å². The second-order valence-corrected chi connectivity index (χ2v) is 9.56. The van der Waals surface area contributed by atoms with Gasteiger partial charge in [-0.2, -0.15) is 0 Å². The summed E-state index contributed by atoms with van der Waals surface area (Å²) in [6.45, 7) is -0.429. The van der Waals surface area contributed by atoms with Crippen molar-refractivity contribution in [2.45, 2.75) is 17.4 Å². The van der Waals surface area contributed by atoms with Crippen molar-refractivity contribution in [3.05, 3.63) is 24.3 Å². The normalized spacial score (nSPS) is 19.8. The van der Waals surface area contributed by atoms with Crippen LogP contribution >= 0.6 is 0 Å². The average molecular weight is 376 g/mol. The Hall–Kier alpha value is -1.65. The average Bonchev–Trinajstić information content (AvgIpc) is 2.92. The standard InChI is InChI=1S/C14H20N2O6S2/c1-16(11-7-8-23(18,19)10-11)14(17)9-15-24(20,21)13-5-3-12(22-2)4-6-13/h3-6,11,15H,7-10H2,1-2H3. The van der Waals surface area contributed by atoms with Gasteiger partial charge >= 0.3 is 0 Å². The smallest absolute Gasteiger partial charge is 0.241 e. The van der Waals surface area contributed by atoms with Gasteiger partial charge in [0.25, 0.3) is 0 Å². The predicted octanol–water partition coefficient (Wildman–Crippen LogP) is -0.381. The van der Waals surface area contributed by atoms with E-state index in [4.69, 9.17) is 4.74 Å². The lowest BCUT2D eigenvalue weighted by molar-refractivity contribution is -0.130. The molecule has 1 N–H and O–H groups in total. The van der Waals surface area contributed by atoms with Crippen molar-refractivity contribution < 1.29 is 26.4 Å². The number of benzene rings is 1. The summed E-state index contributed by atoms with van der Waals surface area (Å²) in [5.41, 5.74) is 0. The van der Waals surface area contributed by atoms with Gasteiger partial charge in [-0.1, -0.05) is 0 Å². The molecule has 1 amide bonds. The molecule has 0 bridgehead atoms. The summed E-state index contributed by atoms with van der Waals surface area (Å²) in [5, 5.41) is 0. The molecule has 24 heavy (non-hydrogen) atoms. The number of sulfonamides is 1. The van der Waals surface area contributed by atoms with Crippen LogP contribution in [0.1, 0.15) is 6.42 Å². The maximum absolute atomic E-state index is 12.2. The topological polar surface area (TPSA) is 110 Å². The van der Waals surface area contributed by atoms with E-state index in [-0.39, 0.29) is 16.4 Å². The zero-order chi connectivity index (χ0) is 18.0. The van der Waals surface area contributed by atoms with E-state index >= 15 is 0 Å². The van der Waals surface area contributed by atoms with Crippen molar-refractivity contribution in [1.82, 2.24) is 9.62 Å². The Morgan fingerprint density at radius 3 is 2.46 bits per heavy atom. The number of nitrogens with one attached hydrogen (secondary N) is 1. The maximum atomic E-state index is 12.2. The highest BCUT2D eigenvalue weighted by Crippen LogP contribution is 2.17. The molecule has 1 atom stereocenters. The molecule has 0 saturated carbocycles. The van der Waals surface area contributed by atoms with Crippen LogP contribution in [0.25, 0.3) is 0 Å². The highest BCUT2D eigenvalue weighted by atomic mass is 32.2. The molecule has 1 aromatic carbocycles. The van der Waals surface area contributed by atoms with Crippen LogP contribution in [-0.2, 0) is 24.7 Å². The predicted molar refractivity (Wildman–Crippen MR) is 88.0 cm³/mol. The number of ether oxygens (including phenoxy) is 1. The van der Waals surface area contributed by atoms with Crippen LogP contribution < -0.4 is 9.46 Å². The van der Waals surface area contributed by atoms with Crippen molar-refractivity contribution in [1.29, 1.82) is 0 Å². The largest absolute Gasteiger partial charge is 0.497 e. The molecule has 1 unspecified atom stereocenters. The van der Waals surface area contributed by atoms with E-state index in [1.165, 1.54) is 43.3 Å². The number of amides is 1. The van der Waals surface area contributed by atoms with E-state index in [1.807, 2.05) is 0 Å². The zero-order valence-corrected chi connectivity index (χ0v) is 15.1. The van der Waals surface area contributed by atoms with Gasteiger partial charge in [-0.3, -0.25) is 4.79 Å². The first kappa shape index (κ1) is 18.7. The number of sulfone groups is 1. The van der Waals surface area contributed by atoms with E-state index in [9.17, 15) is 21.6 Å². The minimum Gasteiger partial charge on any atom is -0.497 e. The molecule has 1 aliphatic rings. The first-order valence-electron chi connectivity index (χ1n) is 7.24. The summed E-state index contributed by atoms with van der Waals surface area (Å²) in [6.07, 6.45) is 0.371. The molecule has 8 nitrogen and oxygen atoms in total. The Kier molecular flexibility index (Phi) is 5.51. The van der Waals surface area contributed by atoms with E-state index < -0.39 is 38.4 Å². The Labute approximate surface area is 141 Å². The fourth-order valence-corrected chi connectivity index (χ4v) is 5.15. The molecule has 1 fully saturated rings. The Balaban J connectivity index is 1.97. The number of nitrogens with zero attached hydrogens (tertiary/aromatic N) is 1. The highest BCUT2D eigenvalue weighted by molar-refractivity contribution is 7.91. The molecule has 0 radical (unpaired) electrons. The third kappa shape index (κ3) is 4.46. The lowest BCUT2D eigenvalue weighted by Gasteiger charge is -2.23. The maximum Gasteiger partial charge on any atom is 0.241 e. The quantitative estimate of drug-likeness (QED) is 0.725. The number of carbonyl (C=O) groups is 1. The molecule has 1 saturated heterocycles. The number of hydrogen-bond donors (Lipinski definition) is 1. The van der Waals surface area contributed by atoms with Gasteiger partial charge in [0.15, 0.2) is 9.84 Å². The minimum absolute atomic E-state index is 0.0159. The summed E-state index contributed by atoms with van der Waals surface area (Å²) in [5.74, 6) is 0.00856. The number of methoxy groups -OCH3 is 1. The van der Waals surface area contributed by atoms with Crippen LogP contribution in [0.2, 0.25) is 0 Å². The molecule has 134 valence electrons. The van der Waals surface area contributed by atoms with Crippen molar-refractivity contribution in [3.63, 3.8) is 0 Å². The molecule has 1 heterocycles. The van der Waals surface area contributed by atoms with Crippen LogP contribution in [-0.4, -0.2) is 65.9 Å². The SMILES string of the molecule is COc1ccc(S(=O)(=O)NCC(=O)N(C)C2CCS(=O)(=O)C2)cc1. The van der Waals surface area contributed by atoms with Crippen LogP contribution in [0.15, 0.2) is 29.2 Å². The number of rotatable bonds is 6. The fraction of sp³-hybridized carbons (Fsp3) is 0.500. The van der Waals surface area contributed by atoms with Crippen LogP contribution in [0, 0.1) is 0 Å². The Morgan fingerprint density at radius 2 is 1.96 bits per heavy atom. The third-order valence-electron chi connectivity index (χ3n) is 3.93. The second-order valence-electron chi connectivity index (χ2n) is 5.56. The fourth-order valence-electron chi connectivity index (χ4n) is 2.40. The summed E-state index contributed by atoms with van der Waals surface area (Å²) in [4.78, 5) is 13.4. The van der Waals surface area contributed by atoms with Crippen molar-refractivity contribution in [2.75, 3.05) is 32.2 Å². The van der Waals surface area contributed by atoms with Gasteiger partial charge in [-0.25, -0.2) is 21.6 Å². The molecule has 0 aliphatic carbocycles. The Bertz CT molecular complexity index is 802. The second kappa shape index (κ2) is 7.08. The van der Waals surface area contributed by atoms with E-state index in [2.05, 4.69) is 4.72 Å². The molecule has 10 heteroatoms. The van der Waals surface area contributed by atoms with Crippen LogP contribution in [0.4, 0.5) is 0 Å². The summed E-state index contributed by atoms with van der Waals surface area (Å²) < 4.78 is 54.4. The molecular weight excluding hydrogens is 356 g/mol. The van der Waals surface area contributed by atoms with Gasteiger partial charge in [0.1, 0.15) is 5.75 Å². The molecule has 1 aliphatic heterocycles. The van der Waals surface area contributed by atoms with Gasteiger partial charge in [0.2, 0.25) is 15.9 Å². The van der Waals surface area contributed by atoms with Gasteiger partial charge in [0, 0.05) is 13.1 Å². The lowest BCUT2D eigenvalue weighted by atomic mass is 10.2. The molecule has 0 aromatic heterocycles.